The largest absolute Gasteiger partial charge is 0.496 e. The van der Waals surface area contributed by atoms with E-state index in [0.717, 1.165) is 35.4 Å². The number of rotatable bonds is 9. The highest BCUT2D eigenvalue weighted by atomic mass is 79.9. The number of hydrogen-bond acceptors (Lipinski definition) is 4. The van der Waals surface area contributed by atoms with E-state index in [4.69, 9.17) is 4.74 Å². The molecular formula is C29H38BrN3O3. The van der Waals surface area contributed by atoms with Crippen molar-refractivity contribution in [3.8, 4) is 5.75 Å². The van der Waals surface area contributed by atoms with Gasteiger partial charge in [0.25, 0.3) is 5.91 Å². The molecule has 6 nitrogen and oxygen atoms in total. The van der Waals surface area contributed by atoms with Crippen LogP contribution in [0.1, 0.15) is 43.1 Å². The summed E-state index contributed by atoms with van der Waals surface area (Å²) in [4.78, 5) is 32.1. The second kappa shape index (κ2) is 13.1. The molecule has 0 atom stereocenters. The van der Waals surface area contributed by atoms with Crippen molar-refractivity contribution in [2.45, 2.75) is 27.2 Å². The summed E-state index contributed by atoms with van der Waals surface area (Å²) < 4.78 is 6.40. The molecule has 1 aliphatic rings. The molecule has 0 spiro atoms. The maximum atomic E-state index is 13.1. The van der Waals surface area contributed by atoms with E-state index in [1.54, 1.807) is 7.11 Å². The van der Waals surface area contributed by atoms with Crippen molar-refractivity contribution in [2.24, 2.45) is 5.41 Å². The standard InChI is InChI=1S/C29H38BrN3O3/c1-29(2,3)22-27(34)32(15-7-9-23-8-5-6-10-26(23)36-4)19-16-31-17-20-33(21-18-31)28(35)24-11-13-25(30)14-12-24/h5-14H,15-22H2,1-4H3/b9-7+. The Morgan fingerprint density at radius 2 is 1.69 bits per heavy atom. The summed E-state index contributed by atoms with van der Waals surface area (Å²) in [6.45, 7) is 11.3. The van der Waals surface area contributed by atoms with Gasteiger partial charge in [-0.25, -0.2) is 0 Å². The maximum Gasteiger partial charge on any atom is 0.253 e. The van der Waals surface area contributed by atoms with Gasteiger partial charge < -0.3 is 14.5 Å². The van der Waals surface area contributed by atoms with E-state index in [9.17, 15) is 9.59 Å². The van der Waals surface area contributed by atoms with Crippen LogP contribution in [0.3, 0.4) is 0 Å². The molecule has 7 heteroatoms. The van der Waals surface area contributed by atoms with Gasteiger partial charge in [-0.2, -0.15) is 0 Å². The Morgan fingerprint density at radius 1 is 1.03 bits per heavy atom. The first-order valence-electron chi connectivity index (χ1n) is 12.5. The summed E-state index contributed by atoms with van der Waals surface area (Å²) in [5.41, 5.74) is 1.64. The fraction of sp³-hybridized carbons (Fsp3) is 0.448. The minimum absolute atomic E-state index is 0.0687. The fourth-order valence-corrected chi connectivity index (χ4v) is 4.47. The topological polar surface area (TPSA) is 53.1 Å². The number of benzene rings is 2. The first kappa shape index (κ1) is 27.9. The van der Waals surface area contributed by atoms with Crippen LogP contribution in [0.25, 0.3) is 6.08 Å². The Morgan fingerprint density at radius 3 is 2.33 bits per heavy atom. The predicted octanol–water partition coefficient (Wildman–Crippen LogP) is 5.19. The zero-order valence-electron chi connectivity index (χ0n) is 21.9. The molecular weight excluding hydrogens is 518 g/mol. The summed E-state index contributed by atoms with van der Waals surface area (Å²) in [7, 11) is 1.66. The van der Waals surface area contributed by atoms with Crippen LogP contribution in [0.5, 0.6) is 5.75 Å². The number of halogens is 1. The molecule has 2 amide bonds. The van der Waals surface area contributed by atoms with Crippen LogP contribution in [-0.4, -0.2) is 79.4 Å². The first-order chi connectivity index (χ1) is 17.2. The number of carbonyl (C=O) groups is 2. The maximum absolute atomic E-state index is 13.1. The lowest BCUT2D eigenvalue weighted by atomic mass is 9.91. The molecule has 0 radical (unpaired) electrons. The van der Waals surface area contributed by atoms with E-state index >= 15 is 0 Å². The molecule has 36 heavy (non-hydrogen) atoms. The summed E-state index contributed by atoms with van der Waals surface area (Å²) in [5, 5.41) is 0. The molecule has 1 heterocycles. The van der Waals surface area contributed by atoms with Crippen molar-refractivity contribution in [2.75, 3.05) is 52.9 Å². The number of hydrogen-bond donors (Lipinski definition) is 0. The van der Waals surface area contributed by atoms with Crippen molar-refractivity contribution in [3.05, 3.63) is 70.2 Å². The number of methoxy groups -OCH3 is 1. The van der Waals surface area contributed by atoms with Gasteiger partial charge in [-0.15, -0.1) is 0 Å². The van der Waals surface area contributed by atoms with Crippen molar-refractivity contribution in [1.82, 2.24) is 14.7 Å². The molecule has 2 aromatic rings. The molecule has 0 saturated carbocycles. The zero-order valence-corrected chi connectivity index (χ0v) is 23.5. The van der Waals surface area contributed by atoms with E-state index < -0.39 is 0 Å². The number of carbonyl (C=O) groups excluding carboxylic acids is 2. The van der Waals surface area contributed by atoms with Crippen molar-refractivity contribution < 1.29 is 14.3 Å². The first-order valence-corrected chi connectivity index (χ1v) is 13.3. The number of piperazine rings is 1. The lowest BCUT2D eigenvalue weighted by Gasteiger charge is -2.36. The van der Waals surface area contributed by atoms with Gasteiger partial charge in [0.2, 0.25) is 5.91 Å². The zero-order chi connectivity index (χ0) is 26.1. The van der Waals surface area contributed by atoms with Gasteiger partial charge >= 0.3 is 0 Å². The van der Waals surface area contributed by atoms with Crippen molar-refractivity contribution in [1.29, 1.82) is 0 Å². The highest BCUT2D eigenvalue weighted by Gasteiger charge is 2.24. The molecule has 194 valence electrons. The monoisotopic (exact) mass is 555 g/mol. The SMILES string of the molecule is COc1ccccc1/C=C/CN(CCN1CCN(C(=O)c2ccc(Br)cc2)CC1)C(=O)CC(C)(C)C. The van der Waals surface area contributed by atoms with Gasteiger partial charge in [0.05, 0.1) is 7.11 Å². The quantitative estimate of drug-likeness (QED) is 0.427. The van der Waals surface area contributed by atoms with Crippen LogP contribution in [0.2, 0.25) is 0 Å². The van der Waals surface area contributed by atoms with E-state index in [0.29, 0.717) is 38.2 Å². The number of amides is 2. The fourth-order valence-electron chi connectivity index (χ4n) is 4.21. The molecule has 0 N–H and O–H groups in total. The second-order valence-corrected chi connectivity index (χ2v) is 11.3. The molecule has 1 saturated heterocycles. The number of ether oxygens (including phenoxy) is 1. The lowest BCUT2D eigenvalue weighted by Crippen LogP contribution is -2.50. The third-order valence-electron chi connectivity index (χ3n) is 6.23. The third-order valence-corrected chi connectivity index (χ3v) is 6.76. The molecule has 0 bridgehead atoms. The van der Waals surface area contributed by atoms with Gasteiger partial charge in [-0.05, 0) is 35.7 Å². The van der Waals surface area contributed by atoms with Gasteiger partial charge in [0, 0.05) is 67.8 Å². The van der Waals surface area contributed by atoms with Gasteiger partial charge in [0.1, 0.15) is 5.75 Å². The van der Waals surface area contributed by atoms with Crippen LogP contribution in [-0.2, 0) is 4.79 Å². The van der Waals surface area contributed by atoms with Crippen LogP contribution in [0, 0.1) is 5.41 Å². The smallest absolute Gasteiger partial charge is 0.253 e. The lowest BCUT2D eigenvalue weighted by molar-refractivity contribution is -0.132. The van der Waals surface area contributed by atoms with E-state index in [2.05, 4.69) is 41.6 Å². The van der Waals surface area contributed by atoms with Crippen LogP contribution in [0.4, 0.5) is 0 Å². The van der Waals surface area contributed by atoms with Crippen LogP contribution < -0.4 is 4.74 Å². The minimum Gasteiger partial charge on any atom is -0.496 e. The summed E-state index contributed by atoms with van der Waals surface area (Å²) in [6.07, 6.45) is 4.56. The predicted molar refractivity (Wildman–Crippen MR) is 149 cm³/mol. The average molecular weight is 557 g/mol. The molecule has 3 rings (SSSR count). The van der Waals surface area contributed by atoms with Crippen LogP contribution in [0.15, 0.2) is 59.1 Å². The Bertz CT molecular complexity index is 1040. The van der Waals surface area contributed by atoms with Crippen molar-refractivity contribution in [3.63, 3.8) is 0 Å². The Labute approximate surface area is 224 Å². The third kappa shape index (κ3) is 8.49. The average Bonchev–Trinajstić information content (AvgIpc) is 2.85. The summed E-state index contributed by atoms with van der Waals surface area (Å²) in [5.74, 6) is 1.05. The van der Waals surface area contributed by atoms with Gasteiger partial charge in [-0.3, -0.25) is 14.5 Å². The number of para-hydroxylation sites is 1. The molecule has 0 aliphatic carbocycles. The Balaban J connectivity index is 1.56. The molecule has 0 unspecified atom stereocenters. The number of nitrogens with zero attached hydrogens (tertiary/aromatic N) is 3. The highest BCUT2D eigenvalue weighted by molar-refractivity contribution is 9.10. The molecule has 2 aromatic carbocycles. The molecule has 0 aromatic heterocycles. The summed E-state index contributed by atoms with van der Waals surface area (Å²) >= 11 is 3.42. The Hall–Kier alpha value is -2.64. The normalized spacial score (nSPS) is 14.8. The van der Waals surface area contributed by atoms with Crippen molar-refractivity contribution >= 4 is 33.8 Å². The van der Waals surface area contributed by atoms with Crippen LogP contribution >= 0.6 is 15.9 Å². The Kier molecular flexibility index (Phi) is 10.1. The van der Waals surface area contributed by atoms with E-state index in [1.807, 2.05) is 70.5 Å². The second-order valence-electron chi connectivity index (χ2n) is 10.4. The van der Waals surface area contributed by atoms with Gasteiger partial charge in [0.15, 0.2) is 0 Å². The van der Waals surface area contributed by atoms with E-state index in [-0.39, 0.29) is 17.2 Å². The van der Waals surface area contributed by atoms with E-state index in [1.165, 1.54) is 0 Å². The molecule has 1 fully saturated rings. The minimum atomic E-state index is -0.0687. The molecule has 1 aliphatic heterocycles. The highest BCUT2D eigenvalue weighted by Crippen LogP contribution is 2.21. The van der Waals surface area contributed by atoms with Gasteiger partial charge in [-0.1, -0.05) is 67.1 Å². The summed E-state index contributed by atoms with van der Waals surface area (Å²) in [6, 6.07) is 15.4.